The fourth-order valence-electron chi connectivity index (χ4n) is 1.38. The summed E-state index contributed by atoms with van der Waals surface area (Å²) in [7, 11) is 0. The first kappa shape index (κ1) is 7.98. The molecular weight excluding hydrogens is 164 g/mol. The van der Waals surface area contributed by atoms with Crippen LogP contribution in [-0.2, 0) is 0 Å². The highest BCUT2D eigenvalue weighted by Crippen LogP contribution is 2.16. The topological polar surface area (TPSA) is 45.8 Å². The van der Waals surface area contributed by atoms with Crippen LogP contribution in [0.1, 0.15) is 22.8 Å². The summed E-state index contributed by atoms with van der Waals surface area (Å²) in [6.07, 6.45) is 3.47. The van der Waals surface area contributed by atoms with E-state index in [0.717, 1.165) is 16.6 Å². The number of aryl methyl sites for hydroxylation is 1. The van der Waals surface area contributed by atoms with Crippen molar-refractivity contribution in [2.45, 2.75) is 13.8 Å². The number of H-pyrrole nitrogens is 1. The van der Waals surface area contributed by atoms with Crippen LogP contribution in [0.3, 0.4) is 0 Å². The number of fused-ring (bicyclic) bond motifs is 1. The van der Waals surface area contributed by atoms with Gasteiger partial charge in [-0.2, -0.15) is 0 Å². The average molecular weight is 174 g/mol. The van der Waals surface area contributed by atoms with Gasteiger partial charge < -0.3 is 4.98 Å². The second-order valence-corrected chi connectivity index (χ2v) is 3.17. The monoisotopic (exact) mass is 174 g/mol. The molecule has 2 aromatic rings. The van der Waals surface area contributed by atoms with Gasteiger partial charge >= 0.3 is 0 Å². The molecule has 0 aliphatic rings. The predicted octanol–water partition coefficient (Wildman–Crippen LogP) is 2.07. The normalized spacial score (nSPS) is 10.6. The van der Waals surface area contributed by atoms with E-state index in [0.29, 0.717) is 5.56 Å². The minimum Gasteiger partial charge on any atom is -0.359 e. The van der Waals surface area contributed by atoms with Crippen molar-refractivity contribution in [1.29, 1.82) is 0 Å². The molecule has 66 valence electrons. The average Bonchev–Trinajstić information content (AvgIpc) is 2.46. The van der Waals surface area contributed by atoms with Crippen molar-refractivity contribution in [1.82, 2.24) is 9.97 Å². The maximum Gasteiger partial charge on any atom is 0.163 e. The molecule has 2 heterocycles. The Balaban J connectivity index is 2.76. The van der Waals surface area contributed by atoms with Gasteiger partial charge in [-0.3, -0.25) is 9.78 Å². The molecule has 2 aromatic heterocycles. The molecule has 0 saturated heterocycles. The highest BCUT2D eigenvalue weighted by Gasteiger charge is 2.08. The van der Waals surface area contributed by atoms with Gasteiger partial charge in [0, 0.05) is 12.4 Å². The first-order chi connectivity index (χ1) is 6.18. The van der Waals surface area contributed by atoms with Gasteiger partial charge in [-0.15, -0.1) is 0 Å². The fourth-order valence-corrected chi connectivity index (χ4v) is 1.38. The van der Waals surface area contributed by atoms with Gasteiger partial charge in [0.15, 0.2) is 5.78 Å². The molecule has 3 heteroatoms. The zero-order valence-corrected chi connectivity index (χ0v) is 7.59. The van der Waals surface area contributed by atoms with Crippen LogP contribution in [0.15, 0.2) is 18.5 Å². The Kier molecular flexibility index (Phi) is 1.65. The molecule has 13 heavy (non-hydrogen) atoms. The van der Waals surface area contributed by atoms with Gasteiger partial charge in [0.05, 0.1) is 16.6 Å². The number of pyridine rings is 1. The Hall–Kier alpha value is -1.64. The van der Waals surface area contributed by atoms with Crippen molar-refractivity contribution < 1.29 is 4.79 Å². The van der Waals surface area contributed by atoms with Gasteiger partial charge in [-0.05, 0) is 25.5 Å². The number of nitrogens with one attached hydrogen (secondary N) is 1. The molecule has 0 aromatic carbocycles. The number of ketones is 1. The molecule has 0 radical (unpaired) electrons. The summed E-state index contributed by atoms with van der Waals surface area (Å²) in [5, 5.41) is 0. The molecule has 0 fully saturated rings. The molecule has 0 bridgehead atoms. The maximum absolute atomic E-state index is 11.1. The van der Waals surface area contributed by atoms with E-state index in [1.807, 2.05) is 13.0 Å². The van der Waals surface area contributed by atoms with Gasteiger partial charge in [0.25, 0.3) is 0 Å². The summed E-state index contributed by atoms with van der Waals surface area (Å²) >= 11 is 0. The van der Waals surface area contributed by atoms with E-state index < -0.39 is 0 Å². The highest BCUT2D eigenvalue weighted by molar-refractivity contribution is 6.05. The van der Waals surface area contributed by atoms with Gasteiger partial charge in [0.2, 0.25) is 0 Å². The smallest absolute Gasteiger partial charge is 0.163 e. The number of hydrogen-bond acceptors (Lipinski definition) is 2. The Bertz CT molecular complexity index is 471. The molecule has 0 atom stereocenters. The van der Waals surface area contributed by atoms with Crippen molar-refractivity contribution in [2.75, 3.05) is 0 Å². The summed E-state index contributed by atoms with van der Waals surface area (Å²) in [6.45, 7) is 3.52. The van der Waals surface area contributed by atoms with E-state index in [2.05, 4.69) is 9.97 Å². The fraction of sp³-hybridized carbons (Fsp3) is 0.200. The zero-order valence-electron chi connectivity index (χ0n) is 7.59. The molecule has 0 saturated carbocycles. The van der Waals surface area contributed by atoms with Crippen LogP contribution >= 0.6 is 0 Å². The number of nitrogens with zero attached hydrogens (tertiary/aromatic N) is 1. The summed E-state index contributed by atoms with van der Waals surface area (Å²) in [6, 6.07) is 1.98. The van der Waals surface area contributed by atoms with Crippen LogP contribution in [0.4, 0.5) is 0 Å². The number of aromatic nitrogens is 2. The number of Topliss-reactive ketones (excluding diaryl/α,β-unsaturated/α-hetero) is 1. The quantitative estimate of drug-likeness (QED) is 0.673. The summed E-state index contributed by atoms with van der Waals surface area (Å²) < 4.78 is 0. The van der Waals surface area contributed by atoms with Gasteiger partial charge in [-0.25, -0.2) is 0 Å². The molecule has 2 rings (SSSR count). The molecule has 0 spiro atoms. The van der Waals surface area contributed by atoms with Crippen molar-refractivity contribution >= 4 is 16.8 Å². The number of aromatic amines is 1. The zero-order chi connectivity index (χ0) is 9.42. The maximum atomic E-state index is 11.1. The van der Waals surface area contributed by atoms with Gasteiger partial charge in [0.1, 0.15) is 0 Å². The van der Waals surface area contributed by atoms with Crippen LogP contribution in [0.2, 0.25) is 0 Å². The lowest BCUT2D eigenvalue weighted by atomic mass is 10.2. The minimum atomic E-state index is 0.0441. The van der Waals surface area contributed by atoms with Crippen molar-refractivity contribution in [2.24, 2.45) is 0 Å². The number of carbonyl (C=O) groups excluding carboxylic acids is 1. The van der Waals surface area contributed by atoms with E-state index in [-0.39, 0.29) is 5.78 Å². The Morgan fingerprint density at radius 2 is 2.31 bits per heavy atom. The first-order valence-electron chi connectivity index (χ1n) is 4.13. The van der Waals surface area contributed by atoms with Crippen LogP contribution in [-0.4, -0.2) is 15.8 Å². The van der Waals surface area contributed by atoms with Gasteiger partial charge in [-0.1, -0.05) is 0 Å². The lowest BCUT2D eigenvalue weighted by molar-refractivity contribution is 0.101. The largest absolute Gasteiger partial charge is 0.359 e. The predicted molar refractivity (Wildman–Crippen MR) is 50.8 cm³/mol. The van der Waals surface area contributed by atoms with E-state index in [9.17, 15) is 4.79 Å². The Labute approximate surface area is 75.8 Å². The van der Waals surface area contributed by atoms with Crippen LogP contribution in [0, 0.1) is 6.92 Å². The second kappa shape index (κ2) is 2.69. The number of hydrogen-bond donors (Lipinski definition) is 1. The van der Waals surface area contributed by atoms with Crippen molar-refractivity contribution in [3.8, 4) is 0 Å². The molecule has 1 N–H and O–H groups in total. The van der Waals surface area contributed by atoms with E-state index >= 15 is 0 Å². The third-order valence-corrected chi connectivity index (χ3v) is 2.03. The van der Waals surface area contributed by atoms with E-state index in [1.165, 1.54) is 0 Å². The first-order valence-corrected chi connectivity index (χ1v) is 4.13. The standard InChI is InChI=1S/C10H10N2O/c1-6-3-9-10(12-4-6)8(5-11-9)7(2)13/h3-5,11H,1-2H3. The van der Waals surface area contributed by atoms with Crippen LogP contribution in [0.5, 0.6) is 0 Å². The number of carbonyl (C=O) groups is 1. The third-order valence-electron chi connectivity index (χ3n) is 2.03. The number of rotatable bonds is 1. The Morgan fingerprint density at radius 1 is 1.54 bits per heavy atom. The molecule has 0 amide bonds. The molecule has 0 aliphatic heterocycles. The molecule has 0 aliphatic carbocycles. The lowest BCUT2D eigenvalue weighted by Crippen LogP contribution is -1.90. The minimum absolute atomic E-state index is 0.0441. The Morgan fingerprint density at radius 3 is 3.00 bits per heavy atom. The molecular formula is C10H10N2O. The SMILES string of the molecule is CC(=O)c1c[nH]c2cc(C)cnc12. The van der Waals surface area contributed by atoms with E-state index in [1.54, 1.807) is 19.3 Å². The summed E-state index contributed by atoms with van der Waals surface area (Å²) in [5.41, 5.74) is 3.43. The van der Waals surface area contributed by atoms with Crippen molar-refractivity contribution in [3.63, 3.8) is 0 Å². The molecule has 0 unspecified atom stereocenters. The second-order valence-electron chi connectivity index (χ2n) is 3.17. The third kappa shape index (κ3) is 1.22. The highest BCUT2D eigenvalue weighted by atomic mass is 16.1. The van der Waals surface area contributed by atoms with Crippen molar-refractivity contribution in [3.05, 3.63) is 29.6 Å². The summed E-state index contributed by atoms with van der Waals surface area (Å²) in [4.78, 5) is 18.4. The van der Waals surface area contributed by atoms with Crippen LogP contribution in [0.25, 0.3) is 11.0 Å². The lowest BCUT2D eigenvalue weighted by Gasteiger charge is -1.93. The van der Waals surface area contributed by atoms with Crippen LogP contribution < -0.4 is 0 Å². The molecule has 3 nitrogen and oxygen atoms in total. The summed E-state index contributed by atoms with van der Waals surface area (Å²) in [5.74, 6) is 0.0441. The van der Waals surface area contributed by atoms with E-state index in [4.69, 9.17) is 0 Å².